The van der Waals surface area contributed by atoms with E-state index in [2.05, 4.69) is 16.0 Å². The van der Waals surface area contributed by atoms with Gasteiger partial charge in [0, 0.05) is 36.8 Å². The summed E-state index contributed by atoms with van der Waals surface area (Å²) in [5, 5.41) is 7.80. The third-order valence-corrected chi connectivity index (χ3v) is 5.15. The standard InChI is InChI=1S/C22H23FN4O5/c1-13(11-27-8-2-3-20(27)28)24-22(30)26-17-10-15(5-6-16(17)23)25-21(29)14-4-7-18-19(9-14)32-12-31-18/h4-7,9-10,13H,2-3,8,11-12H2,1H3,(H,25,29)(H2,24,26,30)/t13-/m1/s1. The largest absolute Gasteiger partial charge is 0.454 e. The van der Waals surface area contributed by atoms with Gasteiger partial charge in [0.25, 0.3) is 5.91 Å². The number of urea groups is 1. The number of ether oxygens (including phenoxy) is 2. The summed E-state index contributed by atoms with van der Waals surface area (Å²) >= 11 is 0. The summed E-state index contributed by atoms with van der Waals surface area (Å²) in [6.07, 6.45) is 1.34. The van der Waals surface area contributed by atoms with Crippen molar-refractivity contribution in [3.05, 3.63) is 47.8 Å². The molecule has 0 radical (unpaired) electrons. The van der Waals surface area contributed by atoms with E-state index in [9.17, 15) is 18.8 Å². The molecule has 0 spiro atoms. The average Bonchev–Trinajstić information content (AvgIpc) is 3.38. The Morgan fingerprint density at radius 1 is 1.12 bits per heavy atom. The van der Waals surface area contributed by atoms with E-state index in [1.165, 1.54) is 12.1 Å². The Labute approximate surface area is 183 Å². The van der Waals surface area contributed by atoms with Crippen LogP contribution in [-0.4, -0.2) is 48.7 Å². The van der Waals surface area contributed by atoms with E-state index >= 15 is 0 Å². The minimum atomic E-state index is -0.649. The van der Waals surface area contributed by atoms with Gasteiger partial charge >= 0.3 is 6.03 Å². The lowest BCUT2D eigenvalue weighted by molar-refractivity contribution is -0.127. The van der Waals surface area contributed by atoms with Gasteiger partial charge in [-0.3, -0.25) is 9.59 Å². The monoisotopic (exact) mass is 442 g/mol. The summed E-state index contributed by atoms with van der Waals surface area (Å²) in [6, 6.07) is 7.73. The summed E-state index contributed by atoms with van der Waals surface area (Å²) in [4.78, 5) is 38.2. The molecule has 2 aliphatic rings. The van der Waals surface area contributed by atoms with Crippen LogP contribution in [0.4, 0.5) is 20.6 Å². The first-order valence-electron chi connectivity index (χ1n) is 10.2. The van der Waals surface area contributed by atoms with Crippen LogP contribution < -0.4 is 25.4 Å². The van der Waals surface area contributed by atoms with Crippen molar-refractivity contribution in [3.8, 4) is 11.5 Å². The lowest BCUT2D eigenvalue weighted by Crippen LogP contribution is -2.44. The summed E-state index contributed by atoms with van der Waals surface area (Å²) < 4.78 is 24.7. The van der Waals surface area contributed by atoms with Crippen LogP contribution in [0.15, 0.2) is 36.4 Å². The van der Waals surface area contributed by atoms with Crippen molar-refractivity contribution in [2.24, 2.45) is 0 Å². The maximum Gasteiger partial charge on any atom is 0.319 e. The number of anilines is 2. The zero-order chi connectivity index (χ0) is 22.7. The fourth-order valence-corrected chi connectivity index (χ4v) is 3.60. The van der Waals surface area contributed by atoms with Crippen molar-refractivity contribution in [3.63, 3.8) is 0 Å². The smallest absolute Gasteiger partial charge is 0.319 e. The molecular weight excluding hydrogens is 419 g/mol. The van der Waals surface area contributed by atoms with E-state index in [-0.39, 0.29) is 24.4 Å². The molecule has 4 rings (SSSR count). The number of nitrogens with one attached hydrogen (secondary N) is 3. The molecule has 0 aliphatic carbocycles. The van der Waals surface area contributed by atoms with Crippen LogP contribution in [0.2, 0.25) is 0 Å². The van der Waals surface area contributed by atoms with Crippen LogP contribution >= 0.6 is 0 Å². The van der Waals surface area contributed by atoms with Crippen LogP contribution in [0.5, 0.6) is 11.5 Å². The van der Waals surface area contributed by atoms with E-state index in [0.29, 0.717) is 42.3 Å². The lowest BCUT2D eigenvalue weighted by atomic mass is 10.2. The highest BCUT2D eigenvalue weighted by molar-refractivity contribution is 6.05. The van der Waals surface area contributed by atoms with E-state index < -0.39 is 17.8 Å². The van der Waals surface area contributed by atoms with Crippen molar-refractivity contribution in [1.29, 1.82) is 0 Å². The summed E-state index contributed by atoms with van der Waals surface area (Å²) in [5.41, 5.74) is 0.562. The van der Waals surface area contributed by atoms with Gasteiger partial charge in [0.1, 0.15) is 5.82 Å². The van der Waals surface area contributed by atoms with Crippen molar-refractivity contribution < 1.29 is 28.2 Å². The van der Waals surface area contributed by atoms with E-state index in [4.69, 9.17) is 9.47 Å². The molecule has 0 unspecified atom stereocenters. The molecule has 2 heterocycles. The second-order valence-electron chi connectivity index (χ2n) is 7.66. The number of nitrogens with zero attached hydrogens (tertiary/aromatic N) is 1. The third kappa shape index (κ3) is 4.90. The van der Waals surface area contributed by atoms with Crippen molar-refractivity contribution >= 4 is 29.2 Å². The number of halogens is 1. The van der Waals surface area contributed by atoms with E-state index in [1.54, 1.807) is 30.0 Å². The molecule has 2 aliphatic heterocycles. The van der Waals surface area contributed by atoms with Gasteiger partial charge in [-0.1, -0.05) is 0 Å². The van der Waals surface area contributed by atoms with Crippen molar-refractivity contribution in [1.82, 2.24) is 10.2 Å². The summed E-state index contributed by atoms with van der Waals surface area (Å²) in [5.74, 6) is 0.0264. The molecule has 3 N–H and O–H groups in total. The first-order valence-corrected chi connectivity index (χ1v) is 10.2. The second-order valence-corrected chi connectivity index (χ2v) is 7.66. The highest BCUT2D eigenvalue weighted by atomic mass is 19.1. The normalized spacial score (nSPS) is 15.4. The number of carbonyl (C=O) groups is 3. The maximum atomic E-state index is 14.2. The fraction of sp³-hybridized carbons (Fsp3) is 0.318. The van der Waals surface area contributed by atoms with Gasteiger partial charge in [-0.05, 0) is 49.7 Å². The molecule has 1 fully saturated rings. The number of hydrogen-bond acceptors (Lipinski definition) is 5. The molecule has 2 aromatic rings. The van der Waals surface area contributed by atoms with Crippen LogP contribution in [0.3, 0.4) is 0 Å². The fourth-order valence-electron chi connectivity index (χ4n) is 3.60. The molecule has 1 saturated heterocycles. The molecule has 10 heteroatoms. The number of fused-ring (bicyclic) bond motifs is 1. The van der Waals surface area contributed by atoms with Crippen LogP contribution in [0, 0.1) is 5.82 Å². The first kappa shape index (κ1) is 21.4. The Morgan fingerprint density at radius 2 is 1.94 bits per heavy atom. The summed E-state index contributed by atoms with van der Waals surface area (Å²) in [6.45, 7) is 2.93. The number of carbonyl (C=O) groups excluding carboxylic acids is 3. The first-order chi connectivity index (χ1) is 15.4. The Balaban J connectivity index is 1.36. The van der Waals surface area contributed by atoms with E-state index in [1.807, 2.05) is 0 Å². The van der Waals surface area contributed by atoms with Crippen molar-refractivity contribution in [2.45, 2.75) is 25.8 Å². The van der Waals surface area contributed by atoms with Crippen molar-refractivity contribution in [2.75, 3.05) is 30.5 Å². The van der Waals surface area contributed by atoms with Crippen LogP contribution in [0.1, 0.15) is 30.1 Å². The minimum Gasteiger partial charge on any atom is -0.454 e. The van der Waals surface area contributed by atoms with Crippen LogP contribution in [-0.2, 0) is 4.79 Å². The predicted molar refractivity (Wildman–Crippen MR) is 114 cm³/mol. The number of likely N-dealkylation sites (tertiary alicyclic amines) is 1. The summed E-state index contributed by atoms with van der Waals surface area (Å²) in [7, 11) is 0. The Morgan fingerprint density at radius 3 is 2.72 bits per heavy atom. The molecular formula is C22H23FN4O5. The van der Waals surface area contributed by atoms with Gasteiger partial charge in [0.05, 0.1) is 5.69 Å². The predicted octanol–water partition coefficient (Wildman–Crippen LogP) is 2.94. The Hall–Kier alpha value is -3.82. The average molecular weight is 442 g/mol. The number of hydrogen-bond donors (Lipinski definition) is 3. The second kappa shape index (κ2) is 9.13. The molecule has 32 heavy (non-hydrogen) atoms. The minimum absolute atomic E-state index is 0.0657. The molecule has 0 saturated carbocycles. The van der Waals surface area contributed by atoms with Gasteiger partial charge in [0.2, 0.25) is 12.7 Å². The van der Waals surface area contributed by atoms with Gasteiger partial charge in [0.15, 0.2) is 11.5 Å². The van der Waals surface area contributed by atoms with Gasteiger partial charge in [-0.2, -0.15) is 0 Å². The molecule has 0 bridgehead atoms. The zero-order valence-corrected chi connectivity index (χ0v) is 17.4. The molecule has 2 aromatic carbocycles. The SMILES string of the molecule is C[C@H](CN1CCCC1=O)NC(=O)Nc1cc(NC(=O)c2ccc3c(c2)OCO3)ccc1F. The molecule has 9 nitrogen and oxygen atoms in total. The number of benzene rings is 2. The highest BCUT2D eigenvalue weighted by Gasteiger charge is 2.22. The molecule has 4 amide bonds. The lowest BCUT2D eigenvalue weighted by Gasteiger charge is -2.22. The Kier molecular flexibility index (Phi) is 6.11. The van der Waals surface area contributed by atoms with Gasteiger partial charge in [-0.15, -0.1) is 0 Å². The number of amides is 4. The van der Waals surface area contributed by atoms with Gasteiger partial charge in [-0.25, -0.2) is 9.18 Å². The molecule has 168 valence electrons. The van der Waals surface area contributed by atoms with E-state index in [0.717, 1.165) is 12.5 Å². The Bertz CT molecular complexity index is 1060. The zero-order valence-electron chi connectivity index (χ0n) is 17.4. The maximum absolute atomic E-state index is 14.2. The highest BCUT2D eigenvalue weighted by Crippen LogP contribution is 2.32. The topological polar surface area (TPSA) is 109 Å². The van der Waals surface area contributed by atoms with Crippen LogP contribution in [0.25, 0.3) is 0 Å². The quantitative estimate of drug-likeness (QED) is 0.637. The third-order valence-electron chi connectivity index (χ3n) is 5.15. The number of rotatable bonds is 6. The van der Waals surface area contributed by atoms with Gasteiger partial charge < -0.3 is 30.3 Å². The molecule has 1 atom stereocenters. The molecule has 0 aromatic heterocycles.